The molecule has 4 heteroatoms. The largest absolute Gasteiger partial charge is 0.497 e. The lowest BCUT2D eigenvalue weighted by atomic mass is 10.1. The Hall–Kier alpha value is -2.13. The molecule has 0 amide bonds. The fraction of sp³-hybridized carbons (Fsp3) is 0.125. The van der Waals surface area contributed by atoms with Crippen molar-refractivity contribution in [2.75, 3.05) is 14.2 Å². The number of rotatable bonds is 3. The van der Waals surface area contributed by atoms with Gasteiger partial charge < -0.3 is 14.5 Å². The van der Waals surface area contributed by atoms with Crippen molar-refractivity contribution in [3.63, 3.8) is 0 Å². The lowest BCUT2D eigenvalue weighted by Gasteiger charge is -2.09. The molecule has 2 aromatic carbocycles. The van der Waals surface area contributed by atoms with Crippen LogP contribution >= 0.6 is 11.6 Å². The minimum Gasteiger partial charge on any atom is -0.497 e. The summed E-state index contributed by atoms with van der Waals surface area (Å²) in [7, 11) is 3.31. The van der Waals surface area contributed by atoms with Crippen LogP contribution in [0.3, 0.4) is 0 Å². The number of hydrogen-bond acceptors (Lipinski definition) is 2. The van der Waals surface area contributed by atoms with Gasteiger partial charge >= 0.3 is 0 Å². The molecule has 0 unspecified atom stereocenters. The topological polar surface area (TPSA) is 34.2 Å². The first-order chi connectivity index (χ1) is 9.71. The first-order valence-electron chi connectivity index (χ1n) is 6.22. The Labute approximate surface area is 122 Å². The molecule has 0 saturated heterocycles. The van der Waals surface area contributed by atoms with Crippen LogP contribution in [0, 0.1) is 0 Å². The van der Waals surface area contributed by atoms with E-state index in [1.807, 2.05) is 36.4 Å². The van der Waals surface area contributed by atoms with Crippen molar-refractivity contribution in [1.29, 1.82) is 0 Å². The van der Waals surface area contributed by atoms with Crippen molar-refractivity contribution < 1.29 is 9.47 Å². The highest BCUT2D eigenvalue weighted by Gasteiger charge is 2.10. The van der Waals surface area contributed by atoms with Crippen molar-refractivity contribution >= 4 is 22.5 Å². The SMILES string of the molecule is COc1ccc(OC)c(-c2cc3cc(Cl)ccc3[nH]2)c1. The van der Waals surface area contributed by atoms with Gasteiger partial charge in [0.25, 0.3) is 0 Å². The first-order valence-corrected chi connectivity index (χ1v) is 6.60. The number of aromatic nitrogens is 1. The highest BCUT2D eigenvalue weighted by molar-refractivity contribution is 6.31. The predicted molar refractivity (Wildman–Crippen MR) is 81.8 cm³/mol. The lowest BCUT2D eigenvalue weighted by Crippen LogP contribution is -1.90. The molecule has 0 fully saturated rings. The molecule has 1 heterocycles. The molecule has 0 aliphatic heterocycles. The molecule has 1 N–H and O–H groups in total. The molecule has 3 aromatic rings. The monoisotopic (exact) mass is 287 g/mol. The summed E-state index contributed by atoms with van der Waals surface area (Å²) in [5.74, 6) is 1.58. The van der Waals surface area contributed by atoms with E-state index in [9.17, 15) is 0 Å². The van der Waals surface area contributed by atoms with Gasteiger partial charge in [-0.05, 0) is 42.5 Å². The molecule has 0 aliphatic rings. The van der Waals surface area contributed by atoms with E-state index in [1.165, 1.54) is 0 Å². The Kier molecular flexibility index (Phi) is 3.28. The van der Waals surface area contributed by atoms with Crippen molar-refractivity contribution in [3.05, 3.63) is 47.5 Å². The minimum absolute atomic E-state index is 0.723. The van der Waals surface area contributed by atoms with Crippen LogP contribution in [0.4, 0.5) is 0 Å². The zero-order valence-corrected chi connectivity index (χ0v) is 12.0. The van der Waals surface area contributed by atoms with E-state index in [4.69, 9.17) is 21.1 Å². The quantitative estimate of drug-likeness (QED) is 0.769. The zero-order valence-electron chi connectivity index (χ0n) is 11.2. The number of benzene rings is 2. The number of ether oxygens (including phenoxy) is 2. The van der Waals surface area contributed by atoms with E-state index in [2.05, 4.69) is 11.1 Å². The van der Waals surface area contributed by atoms with Gasteiger partial charge in [0.05, 0.1) is 19.9 Å². The molecule has 0 atom stereocenters. The number of methoxy groups -OCH3 is 2. The highest BCUT2D eigenvalue weighted by Crippen LogP contribution is 2.35. The average Bonchev–Trinajstić information content (AvgIpc) is 2.89. The Morgan fingerprint density at radius 2 is 1.80 bits per heavy atom. The molecule has 3 rings (SSSR count). The normalized spacial score (nSPS) is 10.8. The van der Waals surface area contributed by atoms with Gasteiger partial charge in [0.2, 0.25) is 0 Å². The standard InChI is InChI=1S/C16H14ClNO2/c1-19-12-4-6-16(20-2)13(9-12)15-8-10-7-11(17)3-5-14(10)18-15/h3-9,18H,1-2H3. The smallest absolute Gasteiger partial charge is 0.128 e. The van der Waals surface area contributed by atoms with Crippen molar-refractivity contribution in [2.24, 2.45) is 0 Å². The van der Waals surface area contributed by atoms with Gasteiger partial charge in [-0.15, -0.1) is 0 Å². The molecule has 0 spiro atoms. The summed E-state index contributed by atoms with van der Waals surface area (Å²) in [6.45, 7) is 0. The second-order valence-electron chi connectivity index (χ2n) is 4.48. The predicted octanol–water partition coefficient (Wildman–Crippen LogP) is 4.51. The number of nitrogens with one attached hydrogen (secondary N) is 1. The Balaban J connectivity index is 2.18. The number of fused-ring (bicyclic) bond motifs is 1. The highest BCUT2D eigenvalue weighted by atomic mass is 35.5. The number of halogens is 1. The Morgan fingerprint density at radius 1 is 0.950 bits per heavy atom. The van der Waals surface area contributed by atoms with Crippen molar-refractivity contribution in [2.45, 2.75) is 0 Å². The van der Waals surface area contributed by atoms with Gasteiger partial charge in [-0.25, -0.2) is 0 Å². The lowest BCUT2D eigenvalue weighted by molar-refractivity contribution is 0.404. The van der Waals surface area contributed by atoms with Crippen LogP contribution in [0.5, 0.6) is 11.5 Å². The fourth-order valence-corrected chi connectivity index (χ4v) is 2.45. The summed E-state index contributed by atoms with van der Waals surface area (Å²) >= 11 is 6.02. The van der Waals surface area contributed by atoms with Gasteiger partial charge in [-0.1, -0.05) is 11.6 Å². The third-order valence-corrected chi connectivity index (χ3v) is 3.51. The van der Waals surface area contributed by atoms with Gasteiger partial charge in [0, 0.05) is 21.5 Å². The number of aromatic amines is 1. The summed E-state index contributed by atoms with van der Waals surface area (Å²) in [5, 5.41) is 1.79. The summed E-state index contributed by atoms with van der Waals surface area (Å²) in [4.78, 5) is 3.37. The second-order valence-corrected chi connectivity index (χ2v) is 4.92. The van der Waals surface area contributed by atoms with E-state index < -0.39 is 0 Å². The molecule has 3 nitrogen and oxygen atoms in total. The summed E-state index contributed by atoms with van der Waals surface area (Å²) in [6.07, 6.45) is 0. The molecular formula is C16H14ClNO2. The maximum atomic E-state index is 6.02. The van der Waals surface area contributed by atoms with Crippen LogP contribution in [0.2, 0.25) is 5.02 Å². The maximum absolute atomic E-state index is 6.02. The molecule has 0 aliphatic carbocycles. The van der Waals surface area contributed by atoms with E-state index >= 15 is 0 Å². The zero-order chi connectivity index (χ0) is 14.1. The van der Waals surface area contributed by atoms with Crippen LogP contribution in [0.25, 0.3) is 22.2 Å². The molecule has 102 valence electrons. The average molecular weight is 288 g/mol. The molecule has 0 saturated carbocycles. The third-order valence-electron chi connectivity index (χ3n) is 3.28. The molecule has 0 bridgehead atoms. The van der Waals surface area contributed by atoms with E-state index in [0.717, 1.165) is 38.7 Å². The van der Waals surface area contributed by atoms with Crippen LogP contribution in [-0.2, 0) is 0 Å². The van der Waals surface area contributed by atoms with Crippen LogP contribution in [-0.4, -0.2) is 19.2 Å². The second kappa shape index (κ2) is 5.10. The van der Waals surface area contributed by atoms with E-state index in [-0.39, 0.29) is 0 Å². The number of H-pyrrole nitrogens is 1. The van der Waals surface area contributed by atoms with Gasteiger partial charge in [0.1, 0.15) is 11.5 Å². The first kappa shape index (κ1) is 12.9. The summed E-state index contributed by atoms with van der Waals surface area (Å²) in [6, 6.07) is 13.5. The Bertz CT molecular complexity index is 764. The molecular weight excluding hydrogens is 274 g/mol. The number of hydrogen-bond donors (Lipinski definition) is 1. The van der Waals surface area contributed by atoms with Crippen molar-refractivity contribution in [3.8, 4) is 22.8 Å². The maximum Gasteiger partial charge on any atom is 0.128 e. The minimum atomic E-state index is 0.723. The van der Waals surface area contributed by atoms with Gasteiger partial charge in [-0.3, -0.25) is 0 Å². The molecule has 1 aromatic heterocycles. The van der Waals surface area contributed by atoms with E-state index in [0.29, 0.717) is 0 Å². The molecule has 0 radical (unpaired) electrons. The van der Waals surface area contributed by atoms with Crippen LogP contribution in [0.15, 0.2) is 42.5 Å². The van der Waals surface area contributed by atoms with Crippen molar-refractivity contribution in [1.82, 2.24) is 4.98 Å². The van der Waals surface area contributed by atoms with E-state index in [1.54, 1.807) is 14.2 Å². The summed E-state index contributed by atoms with van der Waals surface area (Å²) < 4.78 is 10.7. The van der Waals surface area contributed by atoms with Gasteiger partial charge in [-0.2, -0.15) is 0 Å². The van der Waals surface area contributed by atoms with Crippen LogP contribution < -0.4 is 9.47 Å². The molecule has 20 heavy (non-hydrogen) atoms. The van der Waals surface area contributed by atoms with Crippen LogP contribution in [0.1, 0.15) is 0 Å². The fourth-order valence-electron chi connectivity index (χ4n) is 2.27. The third kappa shape index (κ3) is 2.21. The Morgan fingerprint density at radius 3 is 2.55 bits per heavy atom. The van der Waals surface area contributed by atoms with Gasteiger partial charge in [0.15, 0.2) is 0 Å². The summed E-state index contributed by atoms with van der Waals surface area (Å²) in [5.41, 5.74) is 2.96.